The van der Waals surface area contributed by atoms with Gasteiger partial charge in [-0.05, 0) is 132 Å². The summed E-state index contributed by atoms with van der Waals surface area (Å²) in [7, 11) is 0. The molecule has 0 amide bonds. The molecule has 0 aromatic heterocycles. The van der Waals surface area contributed by atoms with Crippen molar-refractivity contribution in [1.29, 1.82) is 0 Å². The molecular formula is C53H37N. The van der Waals surface area contributed by atoms with Crippen molar-refractivity contribution in [3.05, 3.63) is 199 Å². The van der Waals surface area contributed by atoms with Gasteiger partial charge < -0.3 is 4.90 Å². The van der Waals surface area contributed by atoms with Gasteiger partial charge in [0.1, 0.15) is 0 Å². The number of hydrogen-bond donors (Lipinski definition) is 0. The van der Waals surface area contributed by atoms with Crippen LogP contribution < -0.4 is 4.90 Å². The lowest BCUT2D eigenvalue weighted by molar-refractivity contribution is 0.660. The Morgan fingerprint density at radius 2 is 0.907 bits per heavy atom. The maximum Gasteiger partial charge on any atom is 0.0543 e. The molecule has 0 fully saturated rings. The fourth-order valence-electron chi connectivity index (χ4n) is 9.20. The lowest BCUT2D eigenvalue weighted by atomic mass is 9.77. The minimum absolute atomic E-state index is 0.0964. The monoisotopic (exact) mass is 687 g/mol. The van der Waals surface area contributed by atoms with Crippen LogP contribution in [-0.4, -0.2) is 0 Å². The molecule has 11 rings (SSSR count). The van der Waals surface area contributed by atoms with Gasteiger partial charge in [0.05, 0.1) is 11.4 Å². The van der Waals surface area contributed by atoms with E-state index >= 15 is 0 Å². The van der Waals surface area contributed by atoms with E-state index < -0.39 is 0 Å². The van der Waals surface area contributed by atoms with Gasteiger partial charge in [-0.15, -0.1) is 0 Å². The number of rotatable bonds is 5. The van der Waals surface area contributed by atoms with Gasteiger partial charge in [0.2, 0.25) is 0 Å². The van der Waals surface area contributed by atoms with Crippen LogP contribution in [-0.2, 0) is 5.41 Å². The first-order chi connectivity index (χ1) is 26.5. The van der Waals surface area contributed by atoms with Crippen molar-refractivity contribution in [3.63, 3.8) is 0 Å². The third-order valence-corrected chi connectivity index (χ3v) is 12.0. The van der Waals surface area contributed by atoms with E-state index in [4.69, 9.17) is 0 Å². The van der Waals surface area contributed by atoms with Gasteiger partial charge in [0.25, 0.3) is 0 Å². The molecule has 2 aliphatic rings. The van der Waals surface area contributed by atoms with Crippen LogP contribution in [0.5, 0.6) is 0 Å². The van der Waals surface area contributed by atoms with E-state index in [0.717, 1.165) is 5.69 Å². The van der Waals surface area contributed by atoms with Gasteiger partial charge in [-0.2, -0.15) is 0 Å². The van der Waals surface area contributed by atoms with Crippen LogP contribution in [0, 0.1) is 0 Å². The van der Waals surface area contributed by atoms with Gasteiger partial charge in [-0.3, -0.25) is 0 Å². The Labute approximate surface area is 316 Å². The highest BCUT2D eigenvalue weighted by Gasteiger charge is 2.38. The summed E-state index contributed by atoms with van der Waals surface area (Å²) in [6.07, 6.45) is 0. The summed E-state index contributed by atoms with van der Waals surface area (Å²) >= 11 is 0. The molecule has 1 nitrogen and oxygen atoms in total. The molecule has 0 radical (unpaired) electrons. The predicted octanol–water partition coefficient (Wildman–Crippen LogP) is 14.8. The second-order valence-corrected chi connectivity index (χ2v) is 15.3. The molecule has 0 saturated heterocycles. The van der Waals surface area contributed by atoms with Gasteiger partial charge in [0, 0.05) is 22.1 Å². The summed E-state index contributed by atoms with van der Waals surface area (Å²) in [5.74, 6) is 0. The molecule has 0 aliphatic heterocycles. The molecule has 0 spiro atoms. The van der Waals surface area contributed by atoms with E-state index in [1.54, 1.807) is 0 Å². The van der Waals surface area contributed by atoms with E-state index in [1.807, 2.05) is 0 Å². The van der Waals surface area contributed by atoms with Crippen molar-refractivity contribution in [1.82, 2.24) is 0 Å². The van der Waals surface area contributed by atoms with Crippen molar-refractivity contribution < 1.29 is 0 Å². The molecule has 1 heteroatoms. The van der Waals surface area contributed by atoms with E-state index in [0.29, 0.717) is 0 Å². The zero-order chi connectivity index (χ0) is 36.0. The Morgan fingerprint density at radius 1 is 0.352 bits per heavy atom. The number of anilines is 3. The Bertz CT molecular complexity index is 2940. The lowest BCUT2D eigenvalue weighted by Gasteiger charge is -2.31. The Kier molecular flexibility index (Phi) is 6.66. The number of hydrogen-bond acceptors (Lipinski definition) is 1. The molecule has 0 unspecified atom stereocenters. The number of benzene rings is 9. The standard InChI is InChI=1S/C53H37N/c1-53(2)48-19-10-9-18-42(48)52-49(53)20-12-22-51(52)54(41-27-25-36(26-28-41)34-13-5-3-6-14-34)50-21-11-17-39-31-45-46-32-40-29-37(35-15-7-4-8-16-35)23-24-38(40)30-44(46)47(45)33-43(39)50/h3-33H,1-2H3. The molecular weight excluding hydrogens is 651 g/mol. The summed E-state index contributed by atoms with van der Waals surface area (Å²) in [5, 5.41) is 5.04. The fourth-order valence-corrected chi connectivity index (χ4v) is 9.20. The Morgan fingerprint density at radius 3 is 1.67 bits per heavy atom. The molecule has 9 aromatic carbocycles. The summed E-state index contributed by atoms with van der Waals surface area (Å²) < 4.78 is 0. The average molecular weight is 688 g/mol. The molecule has 0 atom stereocenters. The molecule has 9 aromatic rings. The highest BCUT2D eigenvalue weighted by molar-refractivity contribution is 6.14. The predicted molar refractivity (Wildman–Crippen MR) is 229 cm³/mol. The Hall–Kier alpha value is -6.70. The van der Waals surface area contributed by atoms with Crippen molar-refractivity contribution >= 4 is 38.6 Å². The first-order valence-electron chi connectivity index (χ1n) is 18.9. The first kappa shape index (κ1) is 30.9. The van der Waals surface area contributed by atoms with Crippen LogP contribution in [0.2, 0.25) is 0 Å². The molecule has 0 saturated carbocycles. The van der Waals surface area contributed by atoms with E-state index in [1.165, 1.54) is 99.7 Å². The molecule has 2 aliphatic carbocycles. The van der Waals surface area contributed by atoms with Crippen LogP contribution >= 0.6 is 0 Å². The minimum Gasteiger partial charge on any atom is -0.309 e. The second-order valence-electron chi connectivity index (χ2n) is 15.3. The maximum atomic E-state index is 2.51. The van der Waals surface area contributed by atoms with Gasteiger partial charge in [-0.25, -0.2) is 0 Å². The fraction of sp³-hybridized carbons (Fsp3) is 0.0566. The van der Waals surface area contributed by atoms with Crippen molar-refractivity contribution in [2.24, 2.45) is 0 Å². The van der Waals surface area contributed by atoms with Crippen LogP contribution in [0.3, 0.4) is 0 Å². The smallest absolute Gasteiger partial charge is 0.0543 e. The highest BCUT2D eigenvalue weighted by atomic mass is 15.1. The van der Waals surface area contributed by atoms with Crippen LogP contribution in [0.15, 0.2) is 188 Å². The first-order valence-corrected chi connectivity index (χ1v) is 18.9. The third kappa shape index (κ3) is 4.58. The highest BCUT2D eigenvalue weighted by Crippen LogP contribution is 2.56. The summed E-state index contributed by atoms with van der Waals surface area (Å²) in [6.45, 7) is 4.73. The normalized spacial score (nSPS) is 13.1. The van der Waals surface area contributed by atoms with Gasteiger partial charge in [0.15, 0.2) is 0 Å². The number of fused-ring (bicyclic) bond motifs is 9. The zero-order valence-electron chi connectivity index (χ0n) is 30.3. The Balaban J connectivity index is 1.09. The van der Waals surface area contributed by atoms with Gasteiger partial charge in [-0.1, -0.05) is 147 Å². The third-order valence-electron chi connectivity index (χ3n) is 12.0. The van der Waals surface area contributed by atoms with Crippen LogP contribution in [0.25, 0.3) is 77.2 Å². The summed E-state index contributed by atoms with van der Waals surface area (Å²) in [4.78, 5) is 2.51. The SMILES string of the molecule is CC1(C)c2ccccc2-c2c(N(c3ccc(-c4ccccc4)cc3)c3cccc4cc5c(cc34)-c3cc4ccc(-c6ccccc6)cc4cc3-5)cccc21. The summed E-state index contributed by atoms with van der Waals surface area (Å²) in [5.41, 5.74) is 19.1. The second kappa shape index (κ2) is 11.7. The van der Waals surface area contributed by atoms with E-state index in [2.05, 4.69) is 207 Å². The van der Waals surface area contributed by atoms with Crippen LogP contribution in [0.4, 0.5) is 17.1 Å². The topological polar surface area (TPSA) is 3.24 Å². The van der Waals surface area contributed by atoms with Gasteiger partial charge >= 0.3 is 0 Å². The zero-order valence-corrected chi connectivity index (χ0v) is 30.3. The molecule has 0 heterocycles. The van der Waals surface area contributed by atoms with Crippen LogP contribution in [0.1, 0.15) is 25.0 Å². The largest absolute Gasteiger partial charge is 0.309 e. The quantitative estimate of drug-likeness (QED) is 0.174. The molecule has 0 bridgehead atoms. The van der Waals surface area contributed by atoms with Crippen molar-refractivity contribution in [2.45, 2.75) is 19.3 Å². The van der Waals surface area contributed by atoms with Crippen molar-refractivity contribution in [2.75, 3.05) is 4.90 Å². The average Bonchev–Trinajstić information content (AvgIpc) is 3.47. The molecule has 254 valence electrons. The minimum atomic E-state index is -0.0964. The van der Waals surface area contributed by atoms with E-state index in [-0.39, 0.29) is 5.41 Å². The molecule has 0 N–H and O–H groups in total. The molecule has 54 heavy (non-hydrogen) atoms. The maximum absolute atomic E-state index is 2.51. The van der Waals surface area contributed by atoms with E-state index in [9.17, 15) is 0 Å². The van der Waals surface area contributed by atoms with Crippen molar-refractivity contribution in [3.8, 4) is 55.6 Å². The summed E-state index contributed by atoms with van der Waals surface area (Å²) in [6, 6.07) is 69.6. The lowest BCUT2D eigenvalue weighted by Crippen LogP contribution is -2.16. The number of nitrogens with zero attached hydrogens (tertiary/aromatic N) is 1.